The number of carbonyl (C=O) groups excluding carboxylic acids is 3. The molecule has 122 valence electrons. The molecule has 0 fully saturated rings. The molecule has 0 bridgehead atoms. The minimum absolute atomic E-state index is 0.0221. The highest BCUT2D eigenvalue weighted by atomic mass is 35.5. The number of benzene rings is 2. The number of carbonyl (C=O) groups is 1. The van der Waals surface area contributed by atoms with Crippen molar-refractivity contribution in [2.75, 3.05) is 0 Å². The van der Waals surface area contributed by atoms with Gasteiger partial charge in [-0.15, -0.1) is 0 Å². The number of hydrogen-bond donors (Lipinski definition) is 0. The maximum atomic E-state index is 12.8. The fourth-order valence-corrected chi connectivity index (χ4v) is 2.80. The van der Waals surface area contributed by atoms with Crippen LogP contribution in [-0.2, 0) is 9.59 Å². The lowest BCUT2D eigenvalue weighted by Gasteiger charge is -2.07. The third kappa shape index (κ3) is 3.30. The minimum Gasteiger partial charge on any atom is -0.280 e. The summed E-state index contributed by atoms with van der Waals surface area (Å²) >= 11 is 5.89. The van der Waals surface area contributed by atoms with Crippen molar-refractivity contribution in [3.63, 3.8) is 0 Å². The molecule has 0 unspecified atom stereocenters. The number of hydrogen-bond acceptors (Lipinski definition) is 3. The zero-order chi connectivity index (χ0) is 17.9. The Hall–Kier alpha value is -2.68. The van der Waals surface area contributed by atoms with Gasteiger partial charge in [0.1, 0.15) is 0 Å². The molecule has 3 aromatic rings. The predicted molar refractivity (Wildman–Crippen MR) is 92.3 cm³/mol. The lowest BCUT2D eigenvalue weighted by Crippen LogP contribution is -2.13. The van der Waals surface area contributed by atoms with Gasteiger partial charge >= 0.3 is 6.15 Å². The van der Waals surface area contributed by atoms with E-state index in [1.54, 1.807) is 28.8 Å². The van der Waals surface area contributed by atoms with E-state index in [4.69, 9.17) is 21.2 Å². The average molecular weight is 342 g/mol. The molecule has 5 heteroatoms. The van der Waals surface area contributed by atoms with Crippen LogP contribution in [0.5, 0.6) is 0 Å². The maximum Gasteiger partial charge on any atom is 0.373 e. The molecule has 4 nitrogen and oxygen atoms in total. The summed E-state index contributed by atoms with van der Waals surface area (Å²) < 4.78 is 1.79. The molecular formula is C19H16ClNO3. The number of aromatic nitrogens is 1. The van der Waals surface area contributed by atoms with Crippen molar-refractivity contribution in [1.29, 1.82) is 0 Å². The first-order valence-electron chi connectivity index (χ1n) is 7.28. The van der Waals surface area contributed by atoms with E-state index < -0.39 is 0 Å². The second-order valence-electron chi connectivity index (χ2n) is 5.46. The van der Waals surface area contributed by atoms with Gasteiger partial charge in [0.25, 0.3) is 5.91 Å². The van der Waals surface area contributed by atoms with Crippen LogP contribution in [0.1, 0.15) is 27.2 Å². The van der Waals surface area contributed by atoms with E-state index in [-0.39, 0.29) is 12.1 Å². The van der Waals surface area contributed by atoms with Crippen molar-refractivity contribution in [3.8, 4) is 0 Å². The summed E-state index contributed by atoms with van der Waals surface area (Å²) in [5.74, 6) is -0.0221. The Morgan fingerprint density at radius 3 is 2.17 bits per heavy atom. The minimum atomic E-state index is -0.0221. The smallest absolute Gasteiger partial charge is 0.280 e. The van der Waals surface area contributed by atoms with Gasteiger partial charge in [0.15, 0.2) is 0 Å². The Bertz CT molecular complexity index is 933. The third-order valence-electron chi connectivity index (χ3n) is 3.97. The lowest BCUT2D eigenvalue weighted by atomic mass is 10.1. The molecule has 1 aromatic heterocycles. The standard InChI is InChI=1S/C18H16ClNO.CO2/c1-11-4-9-17-16(10-11)12(2)13(3)20(17)18(21)14-5-7-15(19)8-6-14;2-1-3/h4-10H,1-3H3;. The van der Waals surface area contributed by atoms with Crippen LogP contribution in [-0.4, -0.2) is 16.6 Å². The molecule has 3 rings (SSSR count). The van der Waals surface area contributed by atoms with Crippen LogP contribution in [0.4, 0.5) is 0 Å². The van der Waals surface area contributed by atoms with Crippen LogP contribution in [0.15, 0.2) is 42.5 Å². The second kappa shape index (κ2) is 7.26. The van der Waals surface area contributed by atoms with Crippen molar-refractivity contribution in [2.45, 2.75) is 20.8 Å². The molecule has 0 atom stereocenters. The molecule has 0 N–H and O–H groups in total. The summed E-state index contributed by atoms with van der Waals surface area (Å²) in [7, 11) is 0. The Labute approximate surface area is 144 Å². The van der Waals surface area contributed by atoms with Gasteiger partial charge in [-0.3, -0.25) is 9.36 Å². The highest BCUT2D eigenvalue weighted by molar-refractivity contribution is 6.30. The second-order valence-corrected chi connectivity index (χ2v) is 5.90. The van der Waals surface area contributed by atoms with Crippen LogP contribution < -0.4 is 0 Å². The van der Waals surface area contributed by atoms with E-state index in [9.17, 15) is 4.79 Å². The van der Waals surface area contributed by atoms with Gasteiger partial charge in [-0.05, 0) is 62.7 Å². The fourth-order valence-electron chi connectivity index (χ4n) is 2.67. The van der Waals surface area contributed by atoms with Gasteiger partial charge in [0, 0.05) is 21.7 Å². The van der Waals surface area contributed by atoms with Gasteiger partial charge in [0.05, 0.1) is 5.52 Å². The van der Waals surface area contributed by atoms with Crippen molar-refractivity contribution >= 4 is 34.6 Å². The highest BCUT2D eigenvalue weighted by Crippen LogP contribution is 2.27. The third-order valence-corrected chi connectivity index (χ3v) is 4.22. The summed E-state index contributed by atoms with van der Waals surface area (Å²) in [5.41, 5.74) is 4.92. The van der Waals surface area contributed by atoms with Crippen molar-refractivity contribution < 1.29 is 14.4 Å². The first-order chi connectivity index (χ1) is 11.4. The summed E-state index contributed by atoms with van der Waals surface area (Å²) in [5, 5.41) is 1.77. The van der Waals surface area contributed by atoms with E-state index in [1.165, 1.54) is 5.56 Å². The van der Waals surface area contributed by atoms with E-state index in [2.05, 4.69) is 19.9 Å². The van der Waals surface area contributed by atoms with Crippen molar-refractivity contribution in [3.05, 3.63) is 69.9 Å². The maximum absolute atomic E-state index is 12.8. The van der Waals surface area contributed by atoms with E-state index in [0.29, 0.717) is 10.6 Å². The molecule has 0 radical (unpaired) electrons. The number of halogens is 1. The number of aryl methyl sites for hydroxylation is 2. The topological polar surface area (TPSA) is 56.1 Å². The molecule has 0 amide bonds. The summed E-state index contributed by atoms with van der Waals surface area (Å²) in [6.45, 7) is 6.10. The molecular weight excluding hydrogens is 326 g/mol. The molecule has 2 aromatic carbocycles. The molecule has 0 saturated carbocycles. The quantitative estimate of drug-likeness (QED) is 0.662. The number of rotatable bonds is 1. The average Bonchev–Trinajstić information content (AvgIpc) is 2.80. The van der Waals surface area contributed by atoms with Gasteiger partial charge in [0.2, 0.25) is 0 Å². The van der Waals surface area contributed by atoms with E-state index in [1.807, 2.05) is 19.1 Å². The van der Waals surface area contributed by atoms with Gasteiger partial charge in [-0.1, -0.05) is 23.2 Å². The predicted octanol–water partition coefficient (Wildman–Crippen LogP) is 4.32. The Morgan fingerprint density at radius 2 is 1.58 bits per heavy atom. The van der Waals surface area contributed by atoms with Crippen molar-refractivity contribution in [2.24, 2.45) is 0 Å². The summed E-state index contributed by atoms with van der Waals surface area (Å²) in [6.07, 6.45) is 0.250. The summed E-state index contributed by atoms with van der Waals surface area (Å²) in [6, 6.07) is 13.2. The summed E-state index contributed by atoms with van der Waals surface area (Å²) in [4.78, 5) is 29.1. The molecule has 24 heavy (non-hydrogen) atoms. The first kappa shape index (κ1) is 17.7. The fraction of sp³-hybridized carbons (Fsp3) is 0.158. The van der Waals surface area contributed by atoms with E-state index in [0.717, 1.165) is 22.2 Å². The monoisotopic (exact) mass is 341 g/mol. The Balaban J connectivity index is 0.000000647. The van der Waals surface area contributed by atoms with Crippen LogP contribution >= 0.6 is 11.6 Å². The molecule has 0 spiro atoms. The normalized spacial score (nSPS) is 10.0. The van der Waals surface area contributed by atoms with Crippen LogP contribution in [0.2, 0.25) is 5.02 Å². The van der Waals surface area contributed by atoms with E-state index >= 15 is 0 Å². The molecule has 0 aliphatic rings. The zero-order valence-electron chi connectivity index (χ0n) is 13.6. The zero-order valence-corrected chi connectivity index (χ0v) is 14.3. The SMILES string of the molecule is Cc1ccc2c(c1)c(C)c(C)n2C(=O)c1ccc(Cl)cc1.O=C=O. The number of fused-ring (bicyclic) bond motifs is 1. The highest BCUT2D eigenvalue weighted by Gasteiger charge is 2.17. The van der Waals surface area contributed by atoms with Crippen molar-refractivity contribution in [1.82, 2.24) is 4.57 Å². The molecule has 0 aliphatic carbocycles. The number of nitrogens with zero attached hydrogens (tertiary/aromatic N) is 1. The Kier molecular flexibility index (Phi) is 5.35. The van der Waals surface area contributed by atoms with Crippen LogP contribution in [0, 0.1) is 20.8 Å². The van der Waals surface area contributed by atoms with Gasteiger partial charge in [-0.25, -0.2) is 0 Å². The largest absolute Gasteiger partial charge is 0.373 e. The molecule has 0 aliphatic heterocycles. The Morgan fingerprint density at radius 1 is 1.00 bits per heavy atom. The van der Waals surface area contributed by atoms with Gasteiger partial charge < -0.3 is 0 Å². The molecule has 1 heterocycles. The van der Waals surface area contributed by atoms with Crippen LogP contribution in [0.25, 0.3) is 10.9 Å². The first-order valence-corrected chi connectivity index (χ1v) is 7.66. The van der Waals surface area contributed by atoms with Gasteiger partial charge in [-0.2, -0.15) is 9.59 Å². The lowest BCUT2D eigenvalue weighted by molar-refractivity contribution is -0.191. The molecule has 0 saturated heterocycles. The van der Waals surface area contributed by atoms with Crippen LogP contribution in [0.3, 0.4) is 0 Å².